The molecule has 7 nitrogen and oxygen atoms in total. The van der Waals surface area contributed by atoms with Gasteiger partial charge in [0.1, 0.15) is 12.4 Å². The van der Waals surface area contributed by atoms with E-state index in [0.717, 1.165) is 16.9 Å². The second-order valence-corrected chi connectivity index (χ2v) is 5.15. The molecule has 0 unspecified atom stereocenters. The Balaban J connectivity index is 2.17. The van der Waals surface area contributed by atoms with E-state index in [-0.39, 0.29) is 12.5 Å². The van der Waals surface area contributed by atoms with Crippen LogP contribution >= 0.6 is 11.8 Å². The number of nitrogens with zero attached hydrogens (tertiary/aromatic N) is 2. The predicted molar refractivity (Wildman–Crippen MR) is 82.7 cm³/mol. The maximum atomic E-state index is 11.9. The summed E-state index contributed by atoms with van der Waals surface area (Å²) in [6.45, 7) is 0.0976. The average molecular weight is 307 g/mol. The van der Waals surface area contributed by atoms with E-state index in [1.54, 1.807) is 11.8 Å². The topological polar surface area (TPSA) is 88.0 Å². The quantitative estimate of drug-likeness (QED) is 0.731. The number of rotatable bonds is 4. The minimum absolute atomic E-state index is 0.0976. The lowest BCUT2D eigenvalue weighted by Gasteiger charge is -2.10. The van der Waals surface area contributed by atoms with Crippen molar-refractivity contribution in [2.75, 3.05) is 13.3 Å². The van der Waals surface area contributed by atoms with Crippen LogP contribution in [-0.4, -0.2) is 34.8 Å². The fourth-order valence-electron chi connectivity index (χ4n) is 1.91. The fraction of sp³-hybridized carbons (Fsp3) is 0.308. The lowest BCUT2D eigenvalue weighted by molar-refractivity contribution is -0.122. The van der Waals surface area contributed by atoms with Gasteiger partial charge in [-0.15, -0.1) is 0 Å². The summed E-state index contributed by atoms with van der Waals surface area (Å²) in [6.07, 6.45) is 1.98. The van der Waals surface area contributed by atoms with Gasteiger partial charge in [0, 0.05) is 7.05 Å². The van der Waals surface area contributed by atoms with Gasteiger partial charge in [0.25, 0.3) is 5.91 Å². The van der Waals surface area contributed by atoms with Gasteiger partial charge in [-0.3, -0.25) is 10.2 Å². The van der Waals surface area contributed by atoms with Gasteiger partial charge < -0.3 is 9.88 Å². The van der Waals surface area contributed by atoms with Crippen molar-refractivity contribution in [2.45, 2.75) is 12.3 Å². The minimum Gasteiger partial charge on any atom is -0.340 e. The molecule has 112 valence electrons. The van der Waals surface area contributed by atoms with Crippen molar-refractivity contribution in [3.63, 3.8) is 0 Å². The molecule has 2 rings (SSSR count). The largest absolute Gasteiger partial charge is 0.340 e. The Labute approximate surface area is 126 Å². The zero-order chi connectivity index (χ0) is 15.2. The molecule has 1 heterocycles. The van der Waals surface area contributed by atoms with Crippen LogP contribution in [-0.2, 0) is 17.1 Å². The molecule has 3 amide bonds. The monoisotopic (exact) mass is 307 g/mol. The van der Waals surface area contributed by atoms with Gasteiger partial charge in [-0.05, 0) is 18.4 Å². The maximum absolute atomic E-state index is 11.9. The third-order valence-electron chi connectivity index (χ3n) is 2.85. The van der Waals surface area contributed by atoms with E-state index in [4.69, 9.17) is 0 Å². The first-order chi connectivity index (χ1) is 10.2. The molecule has 0 saturated heterocycles. The molecule has 8 heteroatoms. The number of carbonyl (C=O) groups excluding carboxylic acids is 2. The normalized spacial score (nSPS) is 10.4. The highest BCUT2D eigenvalue weighted by molar-refractivity contribution is 7.97. The van der Waals surface area contributed by atoms with Crippen molar-refractivity contribution in [2.24, 2.45) is 0 Å². The number of para-hydroxylation sites is 2. The first-order valence-corrected chi connectivity index (χ1v) is 7.74. The molecule has 2 aromatic rings. The molecule has 3 N–H and O–H groups in total. The fourth-order valence-corrected chi connectivity index (χ4v) is 2.39. The molecule has 0 atom stereocenters. The smallest absolute Gasteiger partial charge is 0.333 e. The Morgan fingerprint density at radius 3 is 2.76 bits per heavy atom. The number of imidazole rings is 1. The average Bonchev–Trinajstić information content (AvgIpc) is 2.83. The van der Waals surface area contributed by atoms with Crippen LogP contribution in [0.1, 0.15) is 5.82 Å². The van der Waals surface area contributed by atoms with E-state index in [2.05, 4.69) is 21.2 Å². The number of fused-ring (bicyclic) bond motifs is 1. The van der Waals surface area contributed by atoms with Crippen LogP contribution < -0.4 is 16.2 Å². The van der Waals surface area contributed by atoms with Crippen LogP contribution in [0.2, 0.25) is 0 Å². The Morgan fingerprint density at radius 1 is 1.29 bits per heavy atom. The van der Waals surface area contributed by atoms with Crippen molar-refractivity contribution in [3.05, 3.63) is 30.1 Å². The molecule has 0 saturated carbocycles. The highest BCUT2D eigenvalue weighted by atomic mass is 32.2. The molecule has 0 aliphatic heterocycles. The molecular weight excluding hydrogens is 290 g/mol. The molecule has 0 aliphatic carbocycles. The molecule has 0 spiro atoms. The second-order valence-electron chi connectivity index (χ2n) is 4.29. The summed E-state index contributed by atoms with van der Waals surface area (Å²) in [6, 6.07) is 7.19. The van der Waals surface area contributed by atoms with Gasteiger partial charge in [0.05, 0.1) is 16.8 Å². The number of hydrazine groups is 1. The molecule has 1 aromatic carbocycles. The Hall–Kier alpha value is -2.22. The lowest BCUT2D eigenvalue weighted by Crippen LogP contribution is -2.46. The number of aromatic nitrogens is 2. The molecule has 0 bridgehead atoms. The number of urea groups is 1. The number of hydrogen-bond donors (Lipinski definition) is 3. The highest BCUT2D eigenvalue weighted by Gasteiger charge is 2.13. The van der Waals surface area contributed by atoms with Crippen molar-refractivity contribution in [1.82, 2.24) is 25.7 Å². The van der Waals surface area contributed by atoms with E-state index in [0.29, 0.717) is 5.75 Å². The maximum Gasteiger partial charge on any atom is 0.333 e. The summed E-state index contributed by atoms with van der Waals surface area (Å²) in [7, 11) is 1.47. The number of carbonyl (C=O) groups is 2. The standard InChI is InChI=1S/C13H17N5O2S/c1-14-13(20)17-16-12(19)7-18-10-6-4-3-5-9(10)15-11(18)8-21-2/h3-6H,7-8H2,1-2H3,(H,16,19)(H2,14,17,20). The van der Waals surface area contributed by atoms with Crippen molar-refractivity contribution < 1.29 is 9.59 Å². The summed E-state index contributed by atoms with van der Waals surface area (Å²) >= 11 is 1.64. The SMILES string of the molecule is CNC(=O)NNC(=O)Cn1c(CSC)nc2ccccc21. The zero-order valence-corrected chi connectivity index (χ0v) is 12.7. The summed E-state index contributed by atoms with van der Waals surface area (Å²) in [5.41, 5.74) is 6.36. The summed E-state index contributed by atoms with van der Waals surface area (Å²) in [4.78, 5) is 27.5. The van der Waals surface area contributed by atoms with Gasteiger partial charge in [-0.25, -0.2) is 15.2 Å². The first kappa shape index (κ1) is 15.2. The van der Waals surface area contributed by atoms with Gasteiger partial charge in [0.15, 0.2) is 0 Å². The molecular formula is C13H17N5O2S. The molecule has 0 aliphatic rings. The molecule has 21 heavy (non-hydrogen) atoms. The van der Waals surface area contributed by atoms with Crippen LogP contribution in [0, 0.1) is 0 Å². The molecule has 1 aromatic heterocycles. The number of hydrogen-bond acceptors (Lipinski definition) is 4. The molecule has 0 fully saturated rings. The predicted octanol–water partition coefficient (Wildman–Crippen LogP) is 0.860. The number of benzene rings is 1. The van der Waals surface area contributed by atoms with E-state index < -0.39 is 6.03 Å². The summed E-state index contributed by atoms with van der Waals surface area (Å²) in [5.74, 6) is 1.23. The number of thioether (sulfide) groups is 1. The Kier molecular flexibility index (Phi) is 5.04. The van der Waals surface area contributed by atoms with Gasteiger partial charge in [-0.2, -0.15) is 11.8 Å². The first-order valence-electron chi connectivity index (χ1n) is 6.35. The van der Waals surface area contributed by atoms with Gasteiger partial charge in [0.2, 0.25) is 0 Å². The third kappa shape index (κ3) is 3.66. The van der Waals surface area contributed by atoms with Crippen molar-refractivity contribution in [1.29, 1.82) is 0 Å². The molecule has 0 radical (unpaired) electrons. The Bertz CT molecular complexity index is 655. The van der Waals surface area contributed by atoms with Gasteiger partial charge in [-0.1, -0.05) is 12.1 Å². The highest BCUT2D eigenvalue weighted by Crippen LogP contribution is 2.18. The Morgan fingerprint density at radius 2 is 2.05 bits per heavy atom. The van der Waals surface area contributed by atoms with Crippen LogP contribution in [0.4, 0.5) is 4.79 Å². The summed E-state index contributed by atoms with van der Waals surface area (Å²) in [5, 5.41) is 2.35. The van der Waals surface area contributed by atoms with E-state index in [9.17, 15) is 9.59 Å². The summed E-state index contributed by atoms with van der Waals surface area (Å²) < 4.78 is 1.85. The van der Waals surface area contributed by atoms with Crippen molar-refractivity contribution >= 4 is 34.7 Å². The van der Waals surface area contributed by atoms with Crippen LogP contribution in [0.15, 0.2) is 24.3 Å². The van der Waals surface area contributed by atoms with Gasteiger partial charge >= 0.3 is 6.03 Å². The van der Waals surface area contributed by atoms with E-state index in [1.165, 1.54) is 7.05 Å². The van der Waals surface area contributed by atoms with E-state index in [1.807, 2.05) is 35.1 Å². The van der Waals surface area contributed by atoms with E-state index >= 15 is 0 Å². The zero-order valence-electron chi connectivity index (χ0n) is 11.8. The minimum atomic E-state index is -0.469. The second kappa shape index (κ2) is 6.98. The van der Waals surface area contributed by atoms with Crippen molar-refractivity contribution in [3.8, 4) is 0 Å². The van der Waals surface area contributed by atoms with Crippen LogP contribution in [0.5, 0.6) is 0 Å². The van der Waals surface area contributed by atoms with Crippen LogP contribution in [0.25, 0.3) is 11.0 Å². The third-order valence-corrected chi connectivity index (χ3v) is 3.40. The number of amides is 3. The van der Waals surface area contributed by atoms with Crippen LogP contribution in [0.3, 0.4) is 0 Å². The lowest BCUT2D eigenvalue weighted by atomic mass is 10.3. The number of nitrogens with one attached hydrogen (secondary N) is 3.